The molecule has 0 aliphatic rings. The third-order valence-corrected chi connectivity index (χ3v) is 6.68. The Hall–Kier alpha value is -3.90. The Morgan fingerprint density at radius 1 is 0.763 bits per heavy atom. The highest BCUT2D eigenvalue weighted by Gasteiger charge is 2.18. The molecule has 38 heavy (non-hydrogen) atoms. The van der Waals surface area contributed by atoms with Crippen LogP contribution in [0.1, 0.15) is 20.7 Å². The van der Waals surface area contributed by atoms with Gasteiger partial charge in [-0.1, -0.05) is 0 Å². The lowest BCUT2D eigenvalue weighted by atomic mass is 10.1. The smallest absolute Gasteiger partial charge is 0.340 e. The number of fused-ring (bicyclic) bond motifs is 6. The van der Waals surface area contributed by atoms with Crippen molar-refractivity contribution < 1.29 is 27.8 Å². The lowest BCUT2D eigenvalue weighted by Gasteiger charge is -2.01. The molecule has 0 aliphatic heterocycles. The summed E-state index contributed by atoms with van der Waals surface area (Å²) < 4.78 is 38.9. The van der Waals surface area contributed by atoms with Crippen LogP contribution < -0.4 is 0 Å². The number of aromatic amines is 2. The Morgan fingerprint density at radius 3 is 1.97 bits per heavy atom. The van der Waals surface area contributed by atoms with Crippen LogP contribution in [0.25, 0.3) is 43.9 Å². The van der Waals surface area contributed by atoms with E-state index < -0.39 is 23.6 Å². The summed E-state index contributed by atoms with van der Waals surface area (Å²) in [6.07, 6.45) is 3.28. The number of hydrogen-bond donors (Lipinski definition) is 2. The van der Waals surface area contributed by atoms with Gasteiger partial charge < -0.3 is 19.4 Å². The van der Waals surface area contributed by atoms with Crippen molar-refractivity contribution in [3.05, 3.63) is 80.5 Å². The predicted octanol–water partition coefficient (Wildman–Crippen LogP) is 6.81. The summed E-state index contributed by atoms with van der Waals surface area (Å²) in [6, 6.07) is 9.44. The molecule has 0 bridgehead atoms. The number of nitrogens with one attached hydrogen (secondary N) is 2. The standard InChI is InChI=1S/2C13H8BrFN2O2/c1-19-13(18)7-4-10-8(3-9(7)15)12-11(17-10)2-6(14)5-16-12;1-19-13(18)7-2-3-8-11-9(4-6(14)5-16-11)17-12(8)10(7)15/h2*2-5,17H,1H3. The van der Waals surface area contributed by atoms with E-state index in [1.807, 2.05) is 6.07 Å². The van der Waals surface area contributed by atoms with Crippen LogP contribution in [0.4, 0.5) is 8.78 Å². The second-order valence-corrected chi connectivity index (χ2v) is 9.89. The van der Waals surface area contributed by atoms with Gasteiger partial charge in [-0.3, -0.25) is 9.97 Å². The summed E-state index contributed by atoms with van der Waals surface area (Å²) in [6.45, 7) is 0. The van der Waals surface area contributed by atoms with Gasteiger partial charge in [0.05, 0.1) is 52.9 Å². The largest absolute Gasteiger partial charge is 0.465 e. The summed E-state index contributed by atoms with van der Waals surface area (Å²) in [4.78, 5) is 37.4. The molecule has 6 aromatic rings. The highest BCUT2D eigenvalue weighted by atomic mass is 79.9. The first-order valence-electron chi connectivity index (χ1n) is 10.9. The van der Waals surface area contributed by atoms with Gasteiger partial charge in [0.2, 0.25) is 0 Å². The molecule has 4 heterocycles. The van der Waals surface area contributed by atoms with Gasteiger partial charge in [0.15, 0.2) is 5.82 Å². The zero-order chi connectivity index (χ0) is 27.1. The van der Waals surface area contributed by atoms with Crippen molar-refractivity contribution in [2.45, 2.75) is 0 Å². The Bertz CT molecular complexity index is 1880. The van der Waals surface area contributed by atoms with Gasteiger partial charge in [0.1, 0.15) is 5.82 Å². The molecule has 0 spiro atoms. The van der Waals surface area contributed by atoms with Crippen molar-refractivity contribution in [2.75, 3.05) is 14.2 Å². The van der Waals surface area contributed by atoms with E-state index in [1.165, 1.54) is 32.4 Å². The quantitative estimate of drug-likeness (QED) is 0.200. The maximum Gasteiger partial charge on any atom is 0.340 e. The van der Waals surface area contributed by atoms with Gasteiger partial charge in [-0.2, -0.15) is 0 Å². The average Bonchev–Trinajstić information content (AvgIpc) is 3.45. The van der Waals surface area contributed by atoms with Crippen molar-refractivity contribution in [1.29, 1.82) is 0 Å². The number of ether oxygens (including phenoxy) is 2. The first-order valence-corrected chi connectivity index (χ1v) is 12.5. The number of aromatic nitrogens is 4. The third-order valence-electron chi connectivity index (χ3n) is 5.81. The third kappa shape index (κ3) is 4.50. The van der Waals surface area contributed by atoms with Crippen LogP contribution in [0.2, 0.25) is 0 Å². The minimum Gasteiger partial charge on any atom is -0.465 e. The molecule has 0 saturated heterocycles. The van der Waals surface area contributed by atoms with Crippen LogP contribution >= 0.6 is 31.9 Å². The number of rotatable bonds is 2. The lowest BCUT2D eigenvalue weighted by molar-refractivity contribution is 0.0586. The fraction of sp³-hybridized carbons (Fsp3) is 0.0769. The van der Waals surface area contributed by atoms with Crippen LogP contribution in [0.3, 0.4) is 0 Å². The molecule has 0 saturated carbocycles. The van der Waals surface area contributed by atoms with Gasteiger partial charge in [0, 0.05) is 37.6 Å². The van der Waals surface area contributed by atoms with E-state index in [0.717, 1.165) is 14.5 Å². The number of methoxy groups -OCH3 is 2. The van der Waals surface area contributed by atoms with Gasteiger partial charge >= 0.3 is 11.9 Å². The van der Waals surface area contributed by atoms with Crippen LogP contribution in [0, 0.1) is 11.6 Å². The Kier molecular flexibility index (Phi) is 6.84. The molecule has 6 rings (SSSR count). The van der Waals surface area contributed by atoms with Crippen molar-refractivity contribution in [3.8, 4) is 0 Å². The van der Waals surface area contributed by atoms with Crippen molar-refractivity contribution in [2.24, 2.45) is 0 Å². The summed E-state index contributed by atoms with van der Waals surface area (Å²) in [5, 5.41) is 1.26. The zero-order valence-electron chi connectivity index (χ0n) is 19.7. The molecule has 192 valence electrons. The van der Waals surface area contributed by atoms with E-state index in [9.17, 15) is 18.4 Å². The molecule has 4 aromatic heterocycles. The monoisotopic (exact) mass is 644 g/mol. The topological polar surface area (TPSA) is 110 Å². The molecule has 2 N–H and O–H groups in total. The second-order valence-electron chi connectivity index (χ2n) is 8.06. The fourth-order valence-corrected chi connectivity index (χ4v) is 4.74. The lowest BCUT2D eigenvalue weighted by Crippen LogP contribution is -2.04. The Labute approximate surface area is 229 Å². The SMILES string of the molecule is COC(=O)c1cc2[nH]c3cc(Br)cnc3c2cc1F.COC(=O)c1ccc2c([nH]c3cc(Br)cnc32)c1F. The molecule has 0 aliphatic carbocycles. The molecular formula is C26H16Br2F2N4O4. The molecule has 0 radical (unpaired) electrons. The number of benzene rings is 2. The van der Waals surface area contributed by atoms with Crippen LogP contribution in [0.5, 0.6) is 0 Å². The van der Waals surface area contributed by atoms with Gasteiger partial charge in [-0.05, 0) is 68.3 Å². The average molecular weight is 646 g/mol. The normalized spacial score (nSPS) is 11.1. The first-order chi connectivity index (χ1) is 18.2. The number of halogens is 4. The fourth-order valence-electron chi connectivity index (χ4n) is 4.08. The highest BCUT2D eigenvalue weighted by molar-refractivity contribution is 9.10. The second kappa shape index (κ2) is 10.1. The minimum atomic E-state index is -0.702. The van der Waals surface area contributed by atoms with Gasteiger partial charge in [-0.15, -0.1) is 0 Å². The zero-order valence-corrected chi connectivity index (χ0v) is 22.8. The van der Waals surface area contributed by atoms with Crippen LogP contribution in [-0.4, -0.2) is 46.1 Å². The summed E-state index contributed by atoms with van der Waals surface area (Å²) >= 11 is 6.63. The minimum absolute atomic E-state index is 0.0966. The maximum atomic E-state index is 14.3. The van der Waals surface area contributed by atoms with Crippen LogP contribution in [-0.2, 0) is 9.47 Å². The summed E-state index contributed by atoms with van der Waals surface area (Å²) in [7, 11) is 2.44. The molecule has 2 aromatic carbocycles. The van der Waals surface area contributed by atoms with Crippen LogP contribution in [0.15, 0.2) is 57.7 Å². The Balaban J connectivity index is 0.000000155. The molecule has 0 amide bonds. The van der Waals surface area contributed by atoms with E-state index >= 15 is 0 Å². The number of carbonyl (C=O) groups is 2. The van der Waals surface area contributed by atoms with Gasteiger partial charge in [0.25, 0.3) is 0 Å². The Morgan fingerprint density at radius 2 is 1.34 bits per heavy atom. The molecular weight excluding hydrogens is 630 g/mol. The number of H-pyrrole nitrogens is 2. The van der Waals surface area contributed by atoms with Gasteiger partial charge in [-0.25, -0.2) is 18.4 Å². The number of carbonyl (C=O) groups excluding carboxylic acids is 2. The number of nitrogens with zero attached hydrogens (tertiary/aromatic N) is 2. The highest BCUT2D eigenvalue weighted by Crippen LogP contribution is 2.30. The summed E-state index contributed by atoms with van der Waals surface area (Å²) in [5.74, 6) is -2.65. The maximum absolute atomic E-state index is 14.3. The van der Waals surface area contributed by atoms with E-state index in [-0.39, 0.29) is 16.6 Å². The number of pyridine rings is 2. The van der Waals surface area contributed by atoms with Crippen molar-refractivity contribution in [3.63, 3.8) is 0 Å². The predicted molar refractivity (Wildman–Crippen MR) is 145 cm³/mol. The van der Waals surface area contributed by atoms with E-state index in [0.29, 0.717) is 32.8 Å². The molecule has 0 unspecified atom stereocenters. The van der Waals surface area contributed by atoms with E-state index in [2.05, 4.69) is 61.3 Å². The van der Waals surface area contributed by atoms with E-state index in [4.69, 9.17) is 0 Å². The van der Waals surface area contributed by atoms with Crippen molar-refractivity contribution in [1.82, 2.24) is 19.9 Å². The first kappa shape index (κ1) is 25.7. The van der Waals surface area contributed by atoms with E-state index in [1.54, 1.807) is 24.5 Å². The number of esters is 2. The molecule has 0 atom stereocenters. The molecule has 8 nitrogen and oxygen atoms in total. The molecule has 12 heteroatoms. The van der Waals surface area contributed by atoms with Crippen molar-refractivity contribution >= 4 is 87.7 Å². The number of hydrogen-bond acceptors (Lipinski definition) is 6. The molecule has 0 fully saturated rings. The summed E-state index contributed by atoms with van der Waals surface area (Å²) in [5.41, 5.74) is 3.49.